The van der Waals surface area contributed by atoms with Crippen LogP contribution in [-0.2, 0) is 16.0 Å². The highest BCUT2D eigenvalue weighted by Gasteiger charge is 2.30. The number of aryl methyl sites for hydroxylation is 1. The molecule has 0 radical (unpaired) electrons. The normalized spacial score (nSPS) is 18.8. The van der Waals surface area contributed by atoms with Crippen LogP contribution in [0.25, 0.3) is 11.1 Å². The first-order chi connectivity index (χ1) is 19.7. The number of nitrogens with zero attached hydrogens (tertiary/aromatic N) is 1. The Bertz CT molecular complexity index is 1350. The van der Waals surface area contributed by atoms with Crippen LogP contribution in [0, 0.1) is 0 Å². The van der Waals surface area contributed by atoms with Gasteiger partial charge in [-0.05, 0) is 80.6 Å². The molecular formula is C31H42N4O6. The standard InChI is InChI=1S/C31H42N4O6/c1-7-35-14-8-9-21(35)17-32-31(38)18(2)33-25-13-11-22-23(16-26(25)37)24(34-19(3)36)12-10-20-15-27(39-4)29(40-5)30(41-6)28(20)22/h11,13,15-16,18,21,24H,7-10,12,14,17H2,1-6H3,(H,32,38)(H,33,37)(H,34,36). The molecule has 0 spiro atoms. The fourth-order valence-corrected chi connectivity index (χ4v) is 6.04. The molecule has 10 nitrogen and oxygen atoms in total. The van der Waals surface area contributed by atoms with Gasteiger partial charge in [0.25, 0.3) is 0 Å². The van der Waals surface area contributed by atoms with Crippen molar-refractivity contribution in [2.75, 3.05) is 46.3 Å². The summed E-state index contributed by atoms with van der Waals surface area (Å²) in [7, 11) is 4.68. The van der Waals surface area contributed by atoms with Gasteiger partial charge in [0.15, 0.2) is 11.5 Å². The zero-order chi connectivity index (χ0) is 29.7. The van der Waals surface area contributed by atoms with Gasteiger partial charge in [-0.3, -0.25) is 19.3 Å². The van der Waals surface area contributed by atoms with Crippen LogP contribution >= 0.6 is 0 Å². The van der Waals surface area contributed by atoms with E-state index in [9.17, 15) is 14.4 Å². The van der Waals surface area contributed by atoms with Crippen LogP contribution in [0.5, 0.6) is 17.2 Å². The number of likely N-dealkylation sites (N-methyl/N-ethyl adjacent to an activating group) is 1. The maximum Gasteiger partial charge on any atom is 0.242 e. The molecule has 2 aromatic rings. The zero-order valence-electron chi connectivity index (χ0n) is 24.9. The lowest BCUT2D eigenvalue weighted by atomic mass is 9.95. The Kier molecular flexibility index (Phi) is 9.75. The average molecular weight is 567 g/mol. The molecule has 2 aliphatic rings. The monoisotopic (exact) mass is 566 g/mol. The first-order valence-electron chi connectivity index (χ1n) is 14.3. The largest absolute Gasteiger partial charge is 0.493 e. The van der Waals surface area contributed by atoms with Gasteiger partial charge >= 0.3 is 0 Å². The molecule has 3 N–H and O–H groups in total. The average Bonchev–Trinajstić information content (AvgIpc) is 3.30. The highest BCUT2D eigenvalue weighted by molar-refractivity contribution is 5.85. The van der Waals surface area contributed by atoms with E-state index in [1.54, 1.807) is 40.4 Å². The predicted molar refractivity (Wildman–Crippen MR) is 159 cm³/mol. The summed E-state index contributed by atoms with van der Waals surface area (Å²) >= 11 is 0. The van der Waals surface area contributed by atoms with Gasteiger partial charge in [0, 0.05) is 25.1 Å². The number of ether oxygens (including phenoxy) is 3. The summed E-state index contributed by atoms with van der Waals surface area (Å²) in [5, 5.41) is 9.17. The lowest BCUT2D eigenvalue weighted by Gasteiger charge is -2.24. The molecule has 2 aromatic carbocycles. The second-order valence-corrected chi connectivity index (χ2v) is 10.6. The Morgan fingerprint density at radius 1 is 1.07 bits per heavy atom. The Morgan fingerprint density at radius 2 is 1.83 bits per heavy atom. The van der Waals surface area contributed by atoms with E-state index in [2.05, 4.69) is 27.8 Å². The third-order valence-electron chi connectivity index (χ3n) is 8.10. The molecule has 1 aliphatic carbocycles. The number of hydrogen-bond donors (Lipinski definition) is 3. The Labute approximate surface area is 241 Å². The number of likely N-dealkylation sites (tertiary alicyclic amines) is 1. The van der Waals surface area contributed by atoms with E-state index in [0.29, 0.717) is 53.9 Å². The van der Waals surface area contributed by atoms with E-state index in [-0.39, 0.29) is 17.2 Å². The van der Waals surface area contributed by atoms with Crippen molar-refractivity contribution in [2.45, 2.75) is 64.6 Å². The van der Waals surface area contributed by atoms with E-state index < -0.39 is 12.1 Å². The van der Waals surface area contributed by atoms with E-state index >= 15 is 0 Å². The topological polar surface area (TPSA) is 118 Å². The number of hydrogen-bond acceptors (Lipinski definition) is 8. The first kappa shape index (κ1) is 30.2. The van der Waals surface area contributed by atoms with E-state index in [1.807, 2.05) is 12.1 Å². The van der Waals surface area contributed by atoms with Crippen LogP contribution in [0.4, 0.5) is 5.69 Å². The maximum absolute atomic E-state index is 13.5. The van der Waals surface area contributed by atoms with Gasteiger partial charge in [-0.25, -0.2) is 0 Å². The molecule has 2 amide bonds. The fraction of sp³-hybridized carbons (Fsp3) is 0.516. The zero-order valence-corrected chi connectivity index (χ0v) is 24.9. The maximum atomic E-state index is 13.5. The second-order valence-electron chi connectivity index (χ2n) is 10.6. The van der Waals surface area contributed by atoms with Gasteiger partial charge in [-0.2, -0.15) is 0 Å². The quantitative estimate of drug-likeness (QED) is 0.401. The SMILES string of the molecule is CCN1CCCC1CNC(=O)C(C)Nc1ccc2c(cc1=O)C(NC(C)=O)CCc1cc(OC)c(OC)c(OC)c1-2. The van der Waals surface area contributed by atoms with Crippen molar-refractivity contribution in [3.05, 3.63) is 45.6 Å². The number of carbonyl (C=O) groups is 2. The minimum Gasteiger partial charge on any atom is -0.493 e. The number of nitrogens with one attached hydrogen (secondary N) is 3. The third-order valence-corrected chi connectivity index (χ3v) is 8.10. The summed E-state index contributed by atoms with van der Waals surface area (Å²) in [6.07, 6.45) is 3.39. The summed E-state index contributed by atoms with van der Waals surface area (Å²) in [6, 6.07) is 6.30. The number of carbonyl (C=O) groups excluding carboxylic acids is 2. The highest BCUT2D eigenvalue weighted by Crippen LogP contribution is 2.50. The minimum absolute atomic E-state index is 0.166. The predicted octanol–water partition coefficient (Wildman–Crippen LogP) is 3.26. The molecule has 222 valence electrons. The van der Waals surface area contributed by atoms with Crippen LogP contribution in [0.15, 0.2) is 29.1 Å². The van der Waals surface area contributed by atoms with Crippen molar-refractivity contribution in [1.29, 1.82) is 0 Å². The van der Waals surface area contributed by atoms with E-state index in [1.165, 1.54) is 6.92 Å². The second kappa shape index (κ2) is 13.2. The van der Waals surface area contributed by atoms with Crippen molar-refractivity contribution in [2.24, 2.45) is 0 Å². The van der Waals surface area contributed by atoms with Gasteiger partial charge in [0.2, 0.25) is 23.0 Å². The smallest absolute Gasteiger partial charge is 0.242 e. The van der Waals surface area contributed by atoms with Crippen LogP contribution in [0.2, 0.25) is 0 Å². The summed E-state index contributed by atoms with van der Waals surface area (Å²) < 4.78 is 17.1. The van der Waals surface area contributed by atoms with Crippen molar-refractivity contribution in [3.63, 3.8) is 0 Å². The summed E-state index contributed by atoms with van der Waals surface area (Å²) in [5.41, 5.74) is 3.13. The minimum atomic E-state index is -0.626. The van der Waals surface area contributed by atoms with Gasteiger partial charge in [0.1, 0.15) is 6.04 Å². The molecule has 41 heavy (non-hydrogen) atoms. The summed E-state index contributed by atoms with van der Waals surface area (Å²) in [6.45, 7) is 7.94. The molecule has 1 aliphatic heterocycles. The van der Waals surface area contributed by atoms with E-state index in [0.717, 1.165) is 42.6 Å². The van der Waals surface area contributed by atoms with Gasteiger partial charge in [-0.1, -0.05) is 13.0 Å². The number of benzene rings is 1. The molecule has 1 saturated heterocycles. The van der Waals surface area contributed by atoms with Crippen LogP contribution in [-0.4, -0.2) is 69.8 Å². The molecule has 3 atom stereocenters. The molecular weight excluding hydrogens is 524 g/mol. The lowest BCUT2D eigenvalue weighted by molar-refractivity contribution is -0.122. The Hall–Kier alpha value is -3.79. The van der Waals surface area contributed by atoms with Crippen LogP contribution in [0.1, 0.15) is 57.2 Å². The molecule has 4 rings (SSSR count). The lowest BCUT2D eigenvalue weighted by Crippen LogP contribution is -2.45. The number of fused-ring (bicyclic) bond motifs is 3. The molecule has 1 heterocycles. The molecule has 3 unspecified atom stereocenters. The van der Waals surface area contributed by atoms with Gasteiger partial charge in [0.05, 0.1) is 33.1 Å². The molecule has 0 aromatic heterocycles. The van der Waals surface area contributed by atoms with Crippen molar-refractivity contribution in [1.82, 2.24) is 15.5 Å². The van der Waals surface area contributed by atoms with Crippen LogP contribution in [0.3, 0.4) is 0 Å². The fourth-order valence-electron chi connectivity index (χ4n) is 6.04. The summed E-state index contributed by atoms with van der Waals surface area (Å²) in [5.74, 6) is 1.11. The first-order valence-corrected chi connectivity index (χ1v) is 14.3. The summed E-state index contributed by atoms with van der Waals surface area (Å²) in [4.78, 5) is 41.0. The number of anilines is 1. The van der Waals surface area contributed by atoms with Gasteiger partial charge in [-0.15, -0.1) is 0 Å². The Balaban J connectivity index is 1.72. The highest BCUT2D eigenvalue weighted by atomic mass is 16.5. The third kappa shape index (κ3) is 6.43. The molecule has 0 bridgehead atoms. The van der Waals surface area contributed by atoms with Crippen molar-refractivity contribution >= 4 is 17.5 Å². The van der Waals surface area contributed by atoms with Crippen molar-refractivity contribution in [3.8, 4) is 28.4 Å². The molecule has 1 fully saturated rings. The van der Waals surface area contributed by atoms with Crippen LogP contribution < -0.4 is 35.6 Å². The Morgan fingerprint density at radius 3 is 2.49 bits per heavy atom. The van der Waals surface area contributed by atoms with Crippen molar-refractivity contribution < 1.29 is 23.8 Å². The van der Waals surface area contributed by atoms with Gasteiger partial charge < -0.3 is 30.2 Å². The molecule has 10 heteroatoms. The number of methoxy groups -OCH3 is 3. The molecule has 0 saturated carbocycles. The number of rotatable bonds is 10. The number of amides is 2. The van der Waals surface area contributed by atoms with E-state index in [4.69, 9.17) is 14.2 Å².